The Balaban J connectivity index is 1.74. The van der Waals surface area contributed by atoms with Gasteiger partial charge in [-0.05, 0) is 66.3 Å². The van der Waals surface area contributed by atoms with Gasteiger partial charge in [-0.2, -0.15) is 11.3 Å². The number of nitrogens with one attached hydrogen (secondary N) is 1. The van der Waals surface area contributed by atoms with Gasteiger partial charge in [0.2, 0.25) is 0 Å². The fourth-order valence-electron chi connectivity index (χ4n) is 2.00. The predicted octanol–water partition coefficient (Wildman–Crippen LogP) is 3.87. The summed E-state index contributed by atoms with van der Waals surface area (Å²) in [5, 5.41) is 17.2. The van der Waals surface area contributed by atoms with Crippen molar-refractivity contribution in [1.29, 1.82) is 0 Å². The first kappa shape index (κ1) is 14.1. The first-order chi connectivity index (χ1) is 9.15. The maximum atomic E-state index is 9.24. The summed E-state index contributed by atoms with van der Waals surface area (Å²) in [5.41, 5.74) is 4.06. The van der Waals surface area contributed by atoms with E-state index in [9.17, 15) is 5.11 Å². The van der Waals surface area contributed by atoms with Gasteiger partial charge >= 0.3 is 0 Å². The maximum absolute atomic E-state index is 9.24. The van der Waals surface area contributed by atoms with E-state index in [0.717, 1.165) is 19.4 Å². The Bertz CT molecular complexity index is 504. The van der Waals surface area contributed by atoms with Crippen LogP contribution in [0.2, 0.25) is 0 Å². The van der Waals surface area contributed by atoms with Crippen molar-refractivity contribution in [3.8, 4) is 5.75 Å². The van der Waals surface area contributed by atoms with Crippen LogP contribution in [0.25, 0.3) is 0 Å². The molecule has 1 aromatic heterocycles. The largest absolute Gasteiger partial charge is 0.508 e. The number of rotatable bonds is 6. The van der Waals surface area contributed by atoms with Crippen molar-refractivity contribution in [2.75, 3.05) is 0 Å². The van der Waals surface area contributed by atoms with Gasteiger partial charge in [-0.25, -0.2) is 0 Å². The van der Waals surface area contributed by atoms with Crippen LogP contribution in [0, 0.1) is 6.92 Å². The number of aryl methyl sites for hydroxylation is 2. The molecule has 2 nitrogen and oxygen atoms in total. The van der Waals surface area contributed by atoms with Crippen molar-refractivity contribution < 1.29 is 5.11 Å². The lowest BCUT2D eigenvalue weighted by Crippen LogP contribution is -2.26. The lowest BCUT2D eigenvalue weighted by atomic mass is 10.1. The molecular weight excluding hydrogens is 254 g/mol. The van der Waals surface area contributed by atoms with Crippen molar-refractivity contribution in [1.82, 2.24) is 5.32 Å². The average Bonchev–Trinajstić information content (AvgIpc) is 2.81. The molecule has 1 aromatic carbocycles. The van der Waals surface area contributed by atoms with Crippen LogP contribution in [-0.4, -0.2) is 11.1 Å². The molecule has 0 aliphatic carbocycles. The molecule has 0 fully saturated rings. The maximum Gasteiger partial charge on any atom is 0.115 e. The minimum absolute atomic E-state index is 0.336. The highest BCUT2D eigenvalue weighted by molar-refractivity contribution is 7.08. The fraction of sp³-hybridized carbons (Fsp3) is 0.375. The van der Waals surface area contributed by atoms with Crippen molar-refractivity contribution in [3.63, 3.8) is 0 Å². The van der Waals surface area contributed by atoms with Gasteiger partial charge in [-0.1, -0.05) is 12.1 Å². The highest BCUT2D eigenvalue weighted by Crippen LogP contribution is 2.14. The quantitative estimate of drug-likeness (QED) is 0.838. The predicted molar refractivity (Wildman–Crippen MR) is 81.8 cm³/mol. The van der Waals surface area contributed by atoms with E-state index in [2.05, 4.69) is 29.9 Å². The molecule has 2 rings (SSSR count). The van der Waals surface area contributed by atoms with Crippen LogP contribution in [-0.2, 0) is 13.0 Å². The first-order valence-corrected chi connectivity index (χ1v) is 7.62. The molecule has 0 radical (unpaired) electrons. The van der Waals surface area contributed by atoms with Gasteiger partial charge in [0.05, 0.1) is 0 Å². The number of phenols is 1. The van der Waals surface area contributed by atoms with Crippen LogP contribution in [0.4, 0.5) is 0 Å². The summed E-state index contributed by atoms with van der Waals surface area (Å²) < 4.78 is 0. The zero-order valence-electron chi connectivity index (χ0n) is 11.5. The standard InChI is InChI=1S/C16H21NOS/c1-12-10-19-11-15(12)9-17-13(2)3-4-14-5-7-16(18)8-6-14/h5-8,10-11,13,17-18H,3-4,9H2,1-2H3. The zero-order chi connectivity index (χ0) is 13.7. The third-order valence-electron chi connectivity index (χ3n) is 3.40. The molecule has 102 valence electrons. The zero-order valence-corrected chi connectivity index (χ0v) is 12.3. The lowest BCUT2D eigenvalue weighted by Gasteiger charge is -2.13. The molecule has 2 N–H and O–H groups in total. The van der Waals surface area contributed by atoms with Gasteiger partial charge < -0.3 is 10.4 Å². The van der Waals surface area contributed by atoms with Crippen molar-refractivity contribution in [2.24, 2.45) is 0 Å². The number of thiophene rings is 1. The summed E-state index contributed by atoms with van der Waals surface area (Å²) >= 11 is 1.77. The molecule has 0 aliphatic rings. The molecule has 19 heavy (non-hydrogen) atoms. The summed E-state index contributed by atoms with van der Waals surface area (Å²) in [6, 6.07) is 7.98. The third-order valence-corrected chi connectivity index (χ3v) is 4.32. The second-order valence-electron chi connectivity index (χ2n) is 5.07. The van der Waals surface area contributed by atoms with Gasteiger partial charge in [0, 0.05) is 12.6 Å². The van der Waals surface area contributed by atoms with Crippen molar-refractivity contribution >= 4 is 11.3 Å². The smallest absolute Gasteiger partial charge is 0.115 e. The number of benzene rings is 1. The Hall–Kier alpha value is -1.32. The third kappa shape index (κ3) is 4.37. The SMILES string of the molecule is Cc1cscc1CNC(C)CCc1ccc(O)cc1. The molecule has 0 amide bonds. The molecule has 0 spiro atoms. The van der Waals surface area contributed by atoms with E-state index in [1.54, 1.807) is 23.5 Å². The number of hydrogen-bond donors (Lipinski definition) is 2. The number of hydrogen-bond acceptors (Lipinski definition) is 3. The highest BCUT2D eigenvalue weighted by Gasteiger charge is 2.04. The number of aromatic hydroxyl groups is 1. The Kier molecular flexibility index (Phi) is 5.00. The highest BCUT2D eigenvalue weighted by atomic mass is 32.1. The van der Waals surface area contributed by atoms with Gasteiger partial charge in [0.15, 0.2) is 0 Å². The van der Waals surface area contributed by atoms with E-state index in [1.165, 1.54) is 16.7 Å². The summed E-state index contributed by atoms with van der Waals surface area (Å²) in [6.07, 6.45) is 2.14. The Labute approximate surface area is 119 Å². The van der Waals surface area contributed by atoms with E-state index in [-0.39, 0.29) is 0 Å². The normalized spacial score (nSPS) is 12.5. The van der Waals surface area contributed by atoms with E-state index in [4.69, 9.17) is 0 Å². The molecule has 0 saturated carbocycles. The fourth-order valence-corrected chi connectivity index (χ4v) is 2.86. The Morgan fingerprint density at radius 1 is 1.21 bits per heavy atom. The van der Waals surface area contributed by atoms with Gasteiger partial charge in [-0.3, -0.25) is 0 Å². The minimum Gasteiger partial charge on any atom is -0.508 e. The van der Waals surface area contributed by atoms with E-state index in [1.807, 2.05) is 12.1 Å². The van der Waals surface area contributed by atoms with Gasteiger partial charge in [0.1, 0.15) is 5.75 Å². The molecular formula is C16H21NOS. The Morgan fingerprint density at radius 2 is 1.95 bits per heavy atom. The summed E-state index contributed by atoms with van der Waals surface area (Å²) in [6.45, 7) is 5.34. The van der Waals surface area contributed by atoms with E-state index in [0.29, 0.717) is 11.8 Å². The second-order valence-corrected chi connectivity index (χ2v) is 5.81. The van der Waals surface area contributed by atoms with Gasteiger partial charge in [0.25, 0.3) is 0 Å². The van der Waals surface area contributed by atoms with Crippen LogP contribution in [0.5, 0.6) is 5.75 Å². The van der Waals surface area contributed by atoms with Crippen LogP contribution in [0.3, 0.4) is 0 Å². The van der Waals surface area contributed by atoms with Crippen LogP contribution in [0.15, 0.2) is 35.0 Å². The first-order valence-electron chi connectivity index (χ1n) is 6.68. The number of phenolic OH excluding ortho intramolecular Hbond substituents is 1. The average molecular weight is 275 g/mol. The molecule has 0 bridgehead atoms. The van der Waals surface area contributed by atoms with Crippen LogP contribution < -0.4 is 5.32 Å². The van der Waals surface area contributed by atoms with Crippen molar-refractivity contribution in [2.45, 2.75) is 39.3 Å². The second kappa shape index (κ2) is 6.73. The molecule has 1 unspecified atom stereocenters. The van der Waals surface area contributed by atoms with Gasteiger partial charge in [-0.15, -0.1) is 0 Å². The minimum atomic E-state index is 0.336. The molecule has 3 heteroatoms. The van der Waals surface area contributed by atoms with E-state index < -0.39 is 0 Å². The molecule has 0 aliphatic heterocycles. The lowest BCUT2D eigenvalue weighted by molar-refractivity contribution is 0.474. The Morgan fingerprint density at radius 3 is 2.58 bits per heavy atom. The topological polar surface area (TPSA) is 32.3 Å². The molecule has 1 atom stereocenters. The van der Waals surface area contributed by atoms with Crippen LogP contribution >= 0.6 is 11.3 Å². The molecule has 2 aromatic rings. The van der Waals surface area contributed by atoms with Crippen LogP contribution in [0.1, 0.15) is 30.0 Å². The summed E-state index contributed by atoms with van der Waals surface area (Å²) in [7, 11) is 0. The summed E-state index contributed by atoms with van der Waals surface area (Å²) in [4.78, 5) is 0. The summed E-state index contributed by atoms with van der Waals surface area (Å²) in [5.74, 6) is 0.336. The van der Waals surface area contributed by atoms with E-state index >= 15 is 0 Å². The monoisotopic (exact) mass is 275 g/mol. The molecule has 0 saturated heterocycles. The molecule has 1 heterocycles. The van der Waals surface area contributed by atoms with Crippen molar-refractivity contribution in [3.05, 3.63) is 51.7 Å².